The number of piperidine rings is 1. The zero-order chi connectivity index (χ0) is 21.7. The van der Waals surface area contributed by atoms with Crippen LogP contribution in [0.5, 0.6) is 0 Å². The van der Waals surface area contributed by atoms with E-state index in [1.54, 1.807) is 23.4 Å². The maximum Gasteiger partial charge on any atom is 0.269 e. The molecule has 3 amide bonds. The molecule has 0 bridgehead atoms. The number of likely N-dealkylation sites (tertiary alicyclic amines) is 1. The van der Waals surface area contributed by atoms with Crippen LogP contribution in [0.3, 0.4) is 0 Å². The second-order valence-electron chi connectivity index (χ2n) is 9.41. The number of rotatable bonds is 6. The number of amides is 3. The van der Waals surface area contributed by atoms with Crippen molar-refractivity contribution in [1.29, 1.82) is 0 Å². The average molecular weight is 425 g/mol. The van der Waals surface area contributed by atoms with Gasteiger partial charge in [-0.1, -0.05) is 13.3 Å². The molecule has 5 rings (SSSR count). The number of nitrogens with one attached hydrogen (secondary N) is 1. The summed E-state index contributed by atoms with van der Waals surface area (Å²) in [5, 5.41) is 7.93. The van der Waals surface area contributed by atoms with Gasteiger partial charge in [-0.2, -0.15) is 5.10 Å². The molecule has 2 saturated carbocycles. The van der Waals surface area contributed by atoms with E-state index >= 15 is 0 Å². The summed E-state index contributed by atoms with van der Waals surface area (Å²) < 4.78 is 1.47. The minimum Gasteiger partial charge on any atom is -0.364 e. The third-order valence-electron chi connectivity index (χ3n) is 7.14. The molecule has 9 heteroatoms. The van der Waals surface area contributed by atoms with Crippen LogP contribution in [0.2, 0.25) is 0 Å². The quantitative estimate of drug-likeness (QED) is 0.718. The topological polar surface area (TPSA) is 123 Å². The maximum absolute atomic E-state index is 13.2. The van der Waals surface area contributed by atoms with E-state index in [1.165, 1.54) is 11.1 Å². The van der Waals surface area contributed by atoms with Crippen molar-refractivity contribution in [3.05, 3.63) is 24.2 Å². The van der Waals surface area contributed by atoms with Crippen molar-refractivity contribution in [2.75, 3.05) is 6.54 Å². The van der Waals surface area contributed by atoms with E-state index in [4.69, 9.17) is 5.73 Å². The highest BCUT2D eigenvalue weighted by Crippen LogP contribution is 2.48. The number of fused-ring (bicyclic) bond motifs is 2. The zero-order valence-corrected chi connectivity index (χ0v) is 17.7. The Labute approximate surface area is 180 Å². The maximum atomic E-state index is 13.2. The molecule has 3 aliphatic rings. The smallest absolute Gasteiger partial charge is 0.269 e. The number of primary amides is 1. The van der Waals surface area contributed by atoms with Crippen LogP contribution >= 0.6 is 0 Å². The van der Waals surface area contributed by atoms with E-state index in [1.807, 2.05) is 0 Å². The summed E-state index contributed by atoms with van der Waals surface area (Å²) in [5.74, 6) is 0.804. The predicted octanol–water partition coefficient (Wildman–Crippen LogP) is 1.07. The molecular formula is C22H28N6O3. The lowest BCUT2D eigenvalue weighted by Gasteiger charge is -2.27. The predicted molar refractivity (Wildman–Crippen MR) is 113 cm³/mol. The van der Waals surface area contributed by atoms with E-state index in [-0.39, 0.29) is 30.1 Å². The minimum absolute atomic E-state index is 0.0510. The number of nitrogens with zero attached hydrogens (tertiary/aromatic N) is 4. The lowest BCUT2D eigenvalue weighted by atomic mass is 10.1. The normalized spacial score (nSPS) is 29.2. The van der Waals surface area contributed by atoms with E-state index < -0.39 is 11.9 Å². The summed E-state index contributed by atoms with van der Waals surface area (Å²) in [7, 11) is 0. The average Bonchev–Trinajstić information content (AvgIpc) is 3.08. The van der Waals surface area contributed by atoms with E-state index in [2.05, 4.69) is 22.3 Å². The number of aromatic nitrogens is 3. The molecule has 3 N–H and O–H groups in total. The van der Waals surface area contributed by atoms with Crippen LogP contribution in [0.4, 0.5) is 0 Å². The van der Waals surface area contributed by atoms with Crippen LogP contribution in [0.15, 0.2) is 18.5 Å². The Hall–Kier alpha value is -2.97. The lowest BCUT2D eigenvalue weighted by Crippen LogP contribution is -2.49. The van der Waals surface area contributed by atoms with Crippen molar-refractivity contribution in [2.45, 2.75) is 57.7 Å². The fraction of sp³-hybridized carbons (Fsp3) is 0.591. The molecule has 3 heterocycles. The molecule has 0 aromatic carbocycles. The molecule has 9 nitrogen and oxygen atoms in total. The SMILES string of the molecule is CC1CCC(CNC(=O)[C@@H]2C[C@H]3C[C@H]3N2C(=O)Cn2nc(C(N)=O)c3ccncc32)C1. The highest BCUT2D eigenvalue weighted by atomic mass is 16.2. The summed E-state index contributed by atoms with van der Waals surface area (Å²) in [4.78, 5) is 43.7. The van der Waals surface area contributed by atoms with Gasteiger partial charge >= 0.3 is 0 Å². The fourth-order valence-corrected chi connectivity index (χ4v) is 5.46. The van der Waals surface area contributed by atoms with Gasteiger partial charge in [-0.3, -0.25) is 24.0 Å². The second-order valence-corrected chi connectivity index (χ2v) is 9.41. The molecule has 1 aliphatic heterocycles. The van der Waals surface area contributed by atoms with Gasteiger partial charge in [0.05, 0.1) is 11.7 Å². The Bertz CT molecular complexity index is 1050. The largest absolute Gasteiger partial charge is 0.364 e. The molecule has 2 aliphatic carbocycles. The van der Waals surface area contributed by atoms with Gasteiger partial charge in [0, 0.05) is 24.2 Å². The molecule has 2 unspecified atom stereocenters. The molecule has 164 valence electrons. The van der Waals surface area contributed by atoms with Crippen molar-refractivity contribution >= 4 is 28.6 Å². The molecule has 0 radical (unpaired) electrons. The highest BCUT2D eigenvalue weighted by molar-refractivity contribution is 6.04. The first-order valence-electron chi connectivity index (χ1n) is 11.1. The Morgan fingerprint density at radius 1 is 1.23 bits per heavy atom. The monoisotopic (exact) mass is 424 g/mol. The first-order chi connectivity index (χ1) is 14.9. The van der Waals surface area contributed by atoms with E-state index in [0.29, 0.717) is 29.3 Å². The Morgan fingerprint density at radius 2 is 2.06 bits per heavy atom. The van der Waals surface area contributed by atoms with Crippen molar-refractivity contribution in [3.63, 3.8) is 0 Å². The number of nitrogens with two attached hydrogens (primary N) is 1. The highest BCUT2D eigenvalue weighted by Gasteiger charge is 2.56. The summed E-state index contributed by atoms with van der Waals surface area (Å²) in [6, 6.07) is 1.37. The van der Waals surface area contributed by atoms with Gasteiger partial charge in [-0.05, 0) is 49.5 Å². The molecule has 2 aromatic heterocycles. The molecule has 31 heavy (non-hydrogen) atoms. The first-order valence-corrected chi connectivity index (χ1v) is 11.1. The van der Waals surface area contributed by atoms with E-state index in [0.717, 1.165) is 31.6 Å². The molecule has 5 atom stereocenters. The molecule has 1 saturated heterocycles. The second kappa shape index (κ2) is 7.62. The number of hydrogen-bond acceptors (Lipinski definition) is 5. The Balaban J connectivity index is 1.30. The third-order valence-corrected chi connectivity index (χ3v) is 7.14. The van der Waals surface area contributed by atoms with Gasteiger partial charge in [-0.25, -0.2) is 0 Å². The van der Waals surface area contributed by atoms with Crippen LogP contribution in [0, 0.1) is 17.8 Å². The molecular weight excluding hydrogens is 396 g/mol. The number of pyridine rings is 1. The van der Waals surface area contributed by atoms with Crippen LogP contribution in [0.25, 0.3) is 10.9 Å². The Kier molecular flexibility index (Phi) is 4.91. The minimum atomic E-state index is -0.649. The molecule has 3 fully saturated rings. The lowest BCUT2D eigenvalue weighted by molar-refractivity contribution is -0.140. The standard InChI is InChI=1S/C22H28N6O3/c1-12-2-3-13(6-12)9-25-22(31)17-8-14-7-16(14)28(17)19(29)11-27-18-10-24-5-4-15(18)20(26-27)21(23)30/h4-5,10,12-14,16-17H,2-3,6-9,11H2,1H3,(H2,23,30)(H,25,31)/t12?,13?,14-,16-,17+/m1/s1. The molecule has 0 spiro atoms. The number of hydrogen-bond donors (Lipinski definition) is 2. The van der Waals surface area contributed by atoms with Gasteiger partial charge in [0.25, 0.3) is 5.91 Å². The Morgan fingerprint density at radius 3 is 2.81 bits per heavy atom. The van der Waals surface area contributed by atoms with Crippen LogP contribution in [0.1, 0.15) is 49.5 Å². The summed E-state index contributed by atoms with van der Waals surface area (Å²) >= 11 is 0. The van der Waals surface area contributed by atoms with Crippen molar-refractivity contribution < 1.29 is 14.4 Å². The summed E-state index contributed by atoms with van der Waals surface area (Å²) in [6.07, 6.45) is 8.33. The van der Waals surface area contributed by atoms with Crippen molar-refractivity contribution in [2.24, 2.45) is 23.5 Å². The van der Waals surface area contributed by atoms with Gasteiger partial charge < -0.3 is 16.0 Å². The first kappa shape index (κ1) is 20.0. The van der Waals surface area contributed by atoms with Gasteiger partial charge in [0.15, 0.2) is 5.69 Å². The van der Waals surface area contributed by atoms with E-state index in [9.17, 15) is 14.4 Å². The van der Waals surface area contributed by atoms with Crippen molar-refractivity contribution in [1.82, 2.24) is 25.0 Å². The van der Waals surface area contributed by atoms with Crippen molar-refractivity contribution in [3.8, 4) is 0 Å². The third kappa shape index (κ3) is 3.66. The summed E-state index contributed by atoms with van der Waals surface area (Å²) in [6.45, 7) is 2.89. The fourth-order valence-electron chi connectivity index (χ4n) is 5.46. The summed E-state index contributed by atoms with van der Waals surface area (Å²) in [5.41, 5.74) is 6.14. The zero-order valence-electron chi connectivity index (χ0n) is 17.7. The van der Waals surface area contributed by atoms with Crippen LogP contribution in [-0.2, 0) is 16.1 Å². The van der Waals surface area contributed by atoms with Gasteiger partial charge in [0.1, 0.15) is 12.6 Å². The van der Waals surface area contributed by atoms with Crippen LogP contribution < -0.4 is 11.1 Å². The number of carbonyl (C=O) groups excluding carboxylic acids is 3. The number of carbonyl (C=O) groups is 3. The van der Waals surface area contributed by atoms with Crippen LogP contribution in [-0.4, -0.2) is 56.0 Å². The van der Waals surface area contributed by atoms with Gasteiger partial charge in [0.2, 0.25) is 11.8 Å². The molecule has 2 aromatic rings. The van der Waals surface area contributed by atoms with Gasteiger partial charge in [-0.15, -0.1) is 0 Å².